The number of likely N-dealkylation sites (N-methyl/N-ethyl adjacent to an activating group) is 1. The Bertz CT molecular complexity index is 328. The van der Waals surface area contributed by atoms with Crippen molar-refractivity contribution in [3.8, 4) is 0 Å². The number of nitrogens with zero attached hydrogens (tertiary/aromatic N) is 1. The summed E-state index contributed by atoms with van der Waals surface area (Å²) in [6.45, 7) is 7.71. The van der Waals surface area contributed by atoms with Gasteiger partial charge in [-0.3, -0.25) is 0 Å². The van der Waals surface area contributed by atoms with Crippen molar-refractivity contribution in [2.75, 3.05) is 6.54 Å². The Morgan fingerprint density at radius 1 is 1.60 bits per heavy atom. The van der Waals surface area contributed by atoms with Gasteiger partial charge in [-0.05, 0) is 31.7 Å². The molecule has 15 heavy (non-hydrogen) atoms. The van der Waals surface area contributed by atoms with Gasteiger partial charge in [0.25, 0.3) is 0 Å². The summed E-state index contributed by atoms with van der Waals surface area (Å²) in [5, 5.41) is 6.99. The zero-order chi connectivity index (χ0) is 10.9. The number of hydrogen-bond donors (Lipinski definition) is 1. The SMILES string of the molecule is CCNC(Cc1csc(C)n1)C1(C)CC1. The van der Waals surface area contributed by atoms with Crippen LogP contribution in [-0.4, -0.2) is 17.6 Å². The van der Waals surface area contributed by atoms with Crippen molar-refractivity contribution in [3.63, 3.8) is 0 Å². The minimum Gasteiger partial charge on any atom is -0.313 e. The summed E-state index contributed by atoms with van der Waals surface area (Å²) in [6, 6.07) is 0.615. The Balaban J connectivity index is 2.00. The summed E-state index contributed by atoms with van der Waals surface area (Å²) >= 11 is 1.76. The third-order valence-corrected chi connectivity index (χ3v) is 4.23. The van der Waals surface area contributed by atoms with Gasteiger partial charge in [0.2, 0.25) is 0 Å². The van der Waals surface area contributed by atoms with E-state index in [2.05, 4.69) is 36.5 Å². The number of thiazole rings is 1. The van der Waals surface area contributed by atoms with Gasteiger partial charge in [0.05, 0.1) is 10.7 Å². The molecule has 1 saturated carbocycles. The third kappa shape index (κ3) is 2.58. The fraction of sp³-hybridized carbons (Fsp3) is 0.750. The number of aryl methyl sites for hydroxylation is 1. The highest BCUT2D eigenvalue weighted by Gasteiger charge is 2.44. The fourth-order valence-corrected chi connectivity index (χ4v) is 2.69. The van der Waals surface area contributed by atoms with E-state index in [9.17, 15) is 0 Å². The van der Waals surface area contributed by atoms with E-state index in [4.69, 9.17) is 0 Å². The molecule has 1 aromatic rings. The summed E-state index contributed by atoms with van der Waals surface area (Å²) in [5.74, 6) is 0. The van der Waals surface area contributed by atoms with Crippen LogP contribution in [0.2, 0.25) is 0 Å². The summed E-state index contributed by atoms with van der Waals surface area (Å²) in [4.78, 5) is 4.55. The van der Waals surface area contributed by atoms with Crippen molar-refractivity contribution in [2.24, 2.45) is 5.41 Å². The maximum Gasteiger partial charge on any atom is 0.0897 e. The summed E-state index contributed by atoms with van der Waals surface area (Å²) in [5.41, 5.74) is 1.80. The molecule has 3 heteroatoms. The van der Waals surface area contributed by atoms with E-state index < -0.39 is 0 Å². The van der Waals surface area contributed by atoms with Crippen molar-refractivity contribution < 1.29 is 0 Å². The summed E-state index contributed by atoms with van der Waals surface area (Å²) in [6.07, 6.45) is 3.83. The molecular weight excluding hydrogens is 204 g/mol. The van der Waals surface area contributed by atoms with Crippen LogP contribution in [0.25, 0.3) is 0 Å². The number of hydrogen-bond acceptors (Lipinski definition) is 3. The minimum atomic E-state index is 0.535. The van der Waals surface area contributed by atoms with Crippen LogP contribution < -0.4 is 5.32 Å². The Morgan fingerprint density at radius 2 is 2.33 bits per heavy atom. The van der Waals surface area contributed by atoms with Crippen LogP contribution in [0.15, 0.2) is 5.38 Å². The van der Waals surface area contributed by atoms with Crippen LogP contribution in [-0.2, 0) is 6.42 Å². The van der Waals surface area contributed by atoms with E-state index in [0.29, 0.717) is 11.5 Å². The molecule has 0 saturated heterocycles. The van der Waals surface area contributed by atoms with Gasteiger partial charge < -0.3 is 5.32 Å². The predicted octanol–water partition coefficient (Wildman–Crippen LogP) is 2.77. The van der Waals surface area contributed by atoms with Gasteiger partial charge >= 0.3 is 0 Å². The molecule has 0 bridgehead atoms. The zero-order valence-electron chi connectivity index (χ0n) is 9.84. The second-order valence-electron chi connectivity index (χ2n) is 4.83. The Labute approximate surface area is 96.1 Å². The van der Waals surface area contributed by atoms with E-state index >= 15 is 0 Å². The molecule has 0 aliphatic heterocycles. The second-order valence-corrected chi connectivity index (χ2v) is 5.89. The Kier molecular flexibility index (Phi) is 3.12. The maximum absolute atomic E-state index is 4.55. The van der Waals surface area contributed by atoms with Gasteiger partial charge in [0.1, 0.15) is 0 Å². The molecule has 1 atom stereocenters. The third-order valence-electron chi connectivity index (χ3n) is 3.41. The smallest absolute Gasteiger partial charge is 0.0897 e. The quantitative estimate of drug-likeness (QED) is 0.832. The van der Waals surface area contributed by atoms with Crippen molar-refractivity contribution in [3.05, 3.63) is 16.1 Å². The predicted molar refractivity (Wildman–Crippen MR) is 65.4 cm³/mol. The molecule has 0 aromatic carbocycles. The molecule has 2 rings (SSSR count). The summed E-state index contributed by atoms with van der Waals surface area (Å²) in [7, 11) is 0. The van der Waals surface area contributed by atoms with Crippen molar-refractivity contribution >= 4 is 11.3 Å². The van der Waals surface area contributed by atoms with Crippen LogP contribution in [0.1, 0.15) is 37.4 Å². The average Bonchev–Trinajstić information content (AvgIpc) is 2.81. The van der Waals surface area contributed by atoms with Gasteiger partial charge in [0, 0.05) is 17.8 Å². The van der Waals surface area contributed by atoms with Crippen LogP contribution in [0, 0.1) is 12.3 Å². The number of aromatic nitrogens is 1. The van der Waals surface area contributed by atoms with E-state index in [-0.39, 0.29) is 0 Å². The molecule has 84 valence electrons. The normalized spacial score (nSPS) is 20.2. The maximum atomic E-state index is 4.55. The average molecular weight is 224 g/mol. The van der Waals surface area contributed by atoms with Crippen LogP contribution in [0.4, 0.5) is 0 Å². The standard InChI is InChI=1S/C12H20N2S/c1-4-13-11(12(3)5-6-12)7-10-8-15-9(2)14-10/h8,11,13H,4-7H2,1-3H3. The molecule has 1 N–H and O–H groups in total. The lowest BCUT2D eigenvalue weighted by molar-refractivity contribution is 0.358. The molecule has 0 radical (unpaired) electrons. The van der Waals surface area contributed by atoms with E-state index in [0.717, 1.165) is 13.0 Å². The highest BCUT2D eigenvalue weighted by atomic mass is 32.1. The van der Waals surface area contributed by atoms with E-state index in [1.165, 1.54) is 23.5 Å². The van der Waals surface area contributed by atoms with Crippen LogP contribution >= 0.6 is 11.3 Å². The molecule has 1 unspecified atom stereocenters. The molecule has 1 aliphatic carbocycles. The molecule has 0 spiro atoms. The van der Waals surface area contributed by atoms with Gasteiger partial charge in [-0.2, -0.15) is 0 Å². The lowest BCUT2D eigenvalue weighted by Crippen LogP contribution is -2.38. The van der Waals surface area contributed by atoms with Crippen LogP contribution in [0.5, 0.6) is 0 Å². The lowest BCUT2D eigenvalue weighted by atomic mass is 9.95. The minimum absolute atomic E-state index is 0.535. The first-order valence-corrected chi connectivity index (χ1v) is 6.66. The summed E-state index contributed by atoms with van der Waals surface area (Å²) < 4.78 is 0. The monoisotopic (exact) mass is 224 g/mol. The first-order chi connectivity index (χ1) is 7.14. The highest BCUT2D eigenvalue weighted by Crippen LogP contribution is 2.48. The van der Waals surface area contributed by atoms with Gasteiger partial charge in [-0.15, -0.1) is 11.3 Å². The number of nitrogens with one attached hydrogen (secondary N) is 1. The second kappa shape index (κ2) is 4.22. The van der Waals surface area contributed by atoms with Crippen LogP contribution in [0.3, 0.4) is 0 Å². The molecule has 1 fully saturated rings. The lowest BCUT2D eigenvalue weighted by Gasteiger charge is -2.23. The first-order valence-electron chi connectivity index (χ1n) is 5.78. The molecule has 0 amide bonds. The number of rotatable bonds is 5. The van der Waals surface area contributed by atoms with Crippen molar-refractivity contribution in [1.29, 1.82) is 0 Å². The van der Waals surface area contributed by atoms with E-state index in [1.54, 1.807) is 11.3 Å². The van der Waals surface area contributed by atoms with Crippen molar-refractivity contribution in [2.45, 2.75) is 46.1 Å². The highest BCUT2D eigenvalue weighted by molar-refractivity contribution is 7.09. The van der Waals surface area contributed by atoms with Gasteiger partial charge in [-0.25, -0.2) is 4.98 Å². The van der Waals surface area contributed by atoms with E-state index in [1.807, 2.05) is 0 Å². The first kappa shape index (κ1) is 11.1. The molecular formula is C12H20N2S. The molecule has 1 aromatic heterocycles. The zero-order valence-corrected chi connectivity index (χ0v) is 10.7. The van der Waals surface area contributed by atoms with Gasteiger partial charge in [0.15, 0.2) is 0 Å². The Hall–Kier alpha value is -0.410. The molecule has 2 nitrogen and oxygen atoms in total. The topological polar surface area (TPSA) is 24.9 Å². The Morgan fingerprint density at radius 3 is 2.80 bits per heavy atom. The van der Waals surface area contributed by atoms with Gasteiger partial charge in [-0.1, -0.05) is 13.8 Å². The largest absolute Gasteiger partial charge is 0.313 e. The molecule has 1 aliphatic rings. The van der Waals surface area contributed by atoms with Crippen molar-refractivity contribution in [1.82, 2.24) is 10.3 Å². The fourth-order valence-electron chi connectivity index (χ4n) is 2.07. The molecule has 1 heterocycles.